The summed E-state index contributed by atoms with van der Waals surface area (Å²) in [5, 5.41) is 17.2. The number of thioether (sulfide) groups is 1. The van der Waals surface area contributed by atoms with E-state index in [2.05, 4.69) is 31.9 Å². The van der Waals surface area contributed by atoms with Crippen LogP contribution in [-0.2, 0) is 9.59 Å². The van der Waals surface area contributed by atoms with E-state index in [0.29, 0.717) is 27.3 Å². The molecular weight excluding hydrogens is 714 g/mol. The van der Waals surface area contributed by atoms with Crippen LogP contribution in [0.2, 0.25) is 5.02 Å². The molecule has 240 valence electrons. The van der Waals surface area contributed by atoms with Gasteiger partial charge in [0.2, 0.25) is 5.91 Å². The molecule has 0 radical (unpaired) electrons. The van der Waals surface area contributed by atoms with E-state index in [9.17, 15) is 24.3 Å². The second kappa shape index (κ2) is 16.1. The molecule has 0 aromatic heterocycles. The molecule has 3 amide bonds. The van der Waals surface area contributed by atoms with E-state index in [1.807, 2.05) is 60.7 Å². The van der Waals surface area contributed by atoms with Gasteiger partial charge >= 0.3 is 5.97 Å². The van der Waals surface area contributed by atoms with Crippen molar-refractivity contribution in [2.45, 2.75) is 10.1 Å². The number of carbonyl (C=O) groups is 4. The molecule has 0 aliphatic rings. The molecule has 0 saturated carbocycles. The van der Waals surface area contributed by atoms with E-state index in [1.165, 1.54) is 30.0 Å². The Morgan fingerprint density at radius 1 is 0.750 bits per heavy atom. The molecule has 0 spiro atoms. The summed E-state index contributed by atoms with van der Waals surface area (Å²) in [6.07, 6.45) is 1.59. The molecule has 8 nitrogen and oxygen atoms in total. The Bertz CT molecular complexity index is 2010. The fourth-order valence-corrected chi connectivity index (χ4v) is 6.26. The highest BCUT2D eigenvalue weighted by molar-refractivity contribution is 9.10. The lowest BCUT2D eigenvalue weighted by atomic mass is 10.1. The quantitative estimate of drug-likeness (QED) is 0.0794. The highest BCUT2D eigenvalue weighted by Crippen LogP contribution is 2.37. The normalized spacial score (nSPS) is 11.7. The first kappa shape index (κ1) is 34.2. The molecule has 0 heterocycles. The average molecular weight is 741 g/mol. The molecule has 4 N–H and O–H groups in total. The maximum Gasteiger partial charge on any atom is 0.337 e. The minimum absolute atomic E-state index is 0.0326. The third-order valence-electron chi connectivity index (χ3n) is 6.84. The maximum atomic E-state index is 13.6. The van der Waals surface area contributed by atoms with E-state index >= 15 is 0 Å². The van der Waals surface area contributed by atoms with Gasteiger partial charge in [-0.05, 0) is 77.9 Å². The largest absolute Gasteiger partial charge is 0.478 e. The Morgan fingerprint density at radius 3 is 2.15 bits per heavy atom. The summed E-state index contributed by atoms with van der Waals surface area (Å²) < 4.78 is 0.811. The highest BCUT2D eigenvalue weighted by Gasteiger charge is 2.23. The summed E-state index contributed by atoms with van der Waals surface area (Å²) in [6.45, 7) is 0. The number of carboxylic acids is 1. The molecule has 1 atom stereocenters. The smallest absolute Gasteiger partial charge is 0.337 e. The van der Waals surface area contributed by atoms with Crippen molar-refractivity contribution in [3.05, 3.63) is 165 Å². The first-order chi connectivity index (χ1) is 23.2. The second-order valence-electron chi connectivity index (χ2n) is 10.3. The zero-order valence-corrected chi connectivity index (χ0v) is 28.2. The molecule has 0 aliphatic carbocycles. The monoisotopic (exact) mass is 739 g/mol. The summed E-state index contributed by atoms with van der Waals surface area (Å²) >= 11 is 10.7. The standard InChI is InChI=1S/C37H27BrClN3O5S/c38-26-14-7-9-23(19-26)20-32(42-34(43)25-12-5-2-6-13-25)35(44)40-27-15-8-16-29(21-27)48-33(24-10-3-1-4-11-24)36(45)41-28-17-18-31(39)30(22-28)37(46)47/h1-22,33H,(H,40,44)(H,41,45)(H,42,43)(H,46,47)/b32-20+. The fourth-order valence-electron chi connectivity index (χ4n) is 4.56. The molecule has 5 aromatic carbocycles. The first-order valence-corrected chi connectivity index (χ1v) is 16.5. The van der Waals surface area contributed by atoms with Gasteiger partial charge in [0.15, 0.2) is 0 Å². The Balaban J connectivity index is 1.38. The van der Waals surface area contributed by atoms with E-state index in [-0.39, 0.29) is 27.9 Å². The van der Waals surface area contributed by atoms with Crippen molar-refractivity contribution in [2.24, 2.45) is 0 Å². The van der Waals surface area contributed by atoms with Crippen LogP contribution in [0.1, 0.15) is 37.1 Å². The van der Waals surface area contributed by atoms with Crippen molar-refractivity contribution in [2.75, 3.05) is 10.6 Å². The molecular formula is C37H27BrClN3O5S. The highest BCUT2D eigenvalue weighted by atomic mass is 79.9. The third kappa shape index (κ3) is 9.22. The Labute approximate surface area is 294 Å². The molecule has 0 saturated heterocycles. The summed E-state index contributed by atoms with van der Waals surface area (Å²) in [4.78, 5) is 52.5. The van der Waals surface area contributed by atoms with Gasteiger partial charge in [0, 0.05) is 26.3 Å². The van der Waals surface area contributed by atoms with E-state index in [4.69, 9.17) is 11.6 Å². The van der Waals surface area contributed by atoms with Crippen molar-refractivity contribution in [1.82, 2.24) is 5.32 Å². The lowest BCUT2D eigenvalue weighted by molar-refractivity contribution is -0.116. The number of nitrogens with one attached hydrogen (secondary N) is 3. The second-order valence-corrected chi connectivity index (χ2v) is 12.8. The van der Waals surface area contributed by atoms with Crippen LogP contribution in [0.15, 0.2) is 142 Å². The number of benzene rings is 5. The van der Waals surface area contributed by atoms with Crippen LogP contribution >= 0.6 is 39.3 Å². The number of halogens is 2. The van der Waals surface area contributed by atoms with Crippen molar-refractivity contribution in [1.29, 1.82) is 0 Å². The van der Waals surface area contributed by atoms with Crippen molar-refractivity contribution >= 4 is 80.4 Å². The summed E-state index contributed by atoms with van der Waals surface area (Å²) in [7, 11) is 0. The number of amides is 3. The lowest BCUT2D eigenvalue weighted by Crippen LogP contribution is -2.30. The summed E-state index contributed by atoms with van der Waals surface area (Å²) in [5.74, 6) is -2.58. The predicted molar refractivity (Wildman–Crippen MR) is 193 cm³/mol. The van der Waals surface area contributed by atoms with Gasteiger partial charge in [-0.25, -0.2) is 4.79 Å². The fraction of sp³-hybridized carbons (Fsp3) is 0.0270. The zero-order valence-electron chi connectivity index (χ0n) is 25.0. The number of hydrogen-bond acceptors (Lipinski definition) is 5. The zero-order chi connectivity index (χ0) is 34.0. The van der Waals surface area contributed by atoms with Gasteiger partial charge < -0.3 is 21.1 Å². The Kier molecular flexibility index (Phi) is 11.5. The van der Waals surface area contributed by atoms with Gasteiger partial charge in [-0.2, -0.15) is 0 Å². The number of aromatic carboxylic acids is 1. The lowest BCUT2D eigenvalue weighted by Gasteiger charge is -2.18. The maximum absolute atomic E-state index is 13.6. The number of anilines is 2. The number of carboxylic acid groups (broad SMARTS) is 1. The van der Waals surface area contributed by atoms with Crippen molar-refractivity contribution < 1.29 is 24.3 Å². The molecule has 5 rings (SSSR count). The minimum Gasteiger partial charge on any atom is -0.478 e. The predicted octanol–water partition coefficient (Wildman–Crippen LogP) is 8.68. The van der Waals surface area contributed by atoms with Crippen LogP contribution in [-0.4, -0.2) is 28.8 Å². The summed E-state index contributed by atoms with van der Waals surface area (Å²) in [5.41, 5.74) is 2.43. The van der Waals surface area contributed by atoms with Gasteiger partial charge in [0.25, 0.3) is 11.8 Å². The van der Waals surface area contributed by atoms with E-state index in [1.54, 1.807) is 54.6 Å². The molecule has 0 aliphatic heterocycles. The van der Waals surface area contributed by atoms with Gasteiger partial charge in [-0.1, -0.05) is 94.3 Å². The minimum atomic E-state index is -1.21. The van der Waals surface area contributed by atoms with E-state index < -0.39 is 23.0 Å². The van der Waals surface area contributed by atoms with Gasteiger partial charge in [-0.3, -0.25) is 14.4 Å². The van der Waals surface area contributed by atoms with Gasteiger partial charge in [0.1, 0.15) is 10.9 Å². The van der Waals surface area contributed by atoms with Crippen LogP contribution in [0, 0.1) is 0 Å². The van der Waals surface area contributed by atoms with E-state index in [0.717, 1.165) is 4.47 Å². The third-order valence-corrected chi connectivity index (χ3v) is 8.91. The molecule has 0 fully saturated rings. The molecule has 0 bridgehead atoms. The number of carbonyl (C=O) groups excluding carboxylic acids is 3. The SMILES string of the molecule is O=C(Nc1cccc(SC(C(=O)Nc2ccc(Cl)c(C(=O)O)c2)c2ccccc2)c1)/C(=C\c1cccc(Br)c1)NC(=O)c1ccccc1. The van der Waals surface area contributed by atoms with Crippen LogP contribution in [0.3, 0.4) is 0 Å². The molecule has 11 heteroatoms. The molecule has 1 unspecified atom stereocenters. The van der Waals surface area contributed by atoms with Crippen LogP contribution in [0.4, 0.5) is 11.4 Å². The van der Waals surface area contributed by atoms with Gasteiger partial charge in [0.05, 0.1) is 10.6 Å². The summed E-state index contributed by atoms with van der Waals surface area (Å²) in [6, 6.07) is 36.3. The average Bonchev–Trinajstić information content (AvgIpc) is 3.08. The van der Waals surface area contributed by atoms with Crippen LogP contribution in [0.5, 0.6) is 0 Å². The Morgan fingerprint density at radius 2 is 1.44 bits per heavy atom. The van der Waals surface area contributed by atoms with Gasteiger partial charge in [-0.15, -0.1) is 11.8 Å². The number of rotatable bonds is 11. The van der Waals surface area contributed by atoms with Crippen LogP contribution < -0.4 is 16.0 Å². The van der Waals surface area contributed by atoms with Crippen molar-refractivity contribution in [3.8, 4) is 0 Å². The number of hydrogen-bond donors (Lipinski definition) is 4. The molecule has 5 aromatic rings. The van der Waals surface area contributed by atoms with Crippen LogP contribution in [0.25, 0.3) is 6.08 Å². The topological polar surface area (TPSA) is 125 Å². The first-order valence-electron chi connectivity index (χ1n) is 14.5. The Hall–Kier alpha value is -5.16. The molecule has 48 heavy (non-hydrogen) atoms. The van der Waals surface area contributed by atoms with Crippen molar-refractivity contribution in [3.63, 3.8) is 0 Å².